The van der Waals surface area contributed by atoms with Gasteiger partial charge in [0.2, 0.25) is 5.91 Å². The van der Waals surface area contributed by atoms with Crippen LogP contribution >= 0.6 is 11.8 Å². The fraction of sp³-hybridized carbons (Fsp3) is 0.800. The van der Waals surface area contributed by atoms with E-state index in [0.717, 1.165) is 23.8 Å². The normalized spacial score (nSPS) is 24.0. The number of nitrogens with zero attached hydrogens (tertiary/aromatic N) is 4. The third kappa shape index (κ3) is 3.61. The first-order chi connectivity index (χ1) is 11.3. The molecule has 1 aromatic heterocycles. The number of carbonyl (C=O) groups excluding carboxylic acids is 1. The second-order valence-corrected chi connectivity index (χ2v) is 10.1. The van der Waals surface area contributed by atoms with E-state index < -0.39 is 9.84 Å². The number of hydrogen-bond donors (Lipinski definition) is 0. The lowest BCUT2D eigenvalue weighted by atomic mass is 10.2. The van der Waals surface area contributed by atoms with E-state index in [1.54, 1.807) is 4.90 Å². The largest absolute Gasteiger partial charge is 0.338 e. The standard InChI is InChI=1S/C15H24N4O3S2/c1-4-18(13-7-8-24(21,22)9-13)14(20)10(2)23-15-17-16-11(3)19(15)12-5-6-12/h10,12-13H,4-9H2,1-3H3/t10-,13+/m1/s1. The van der Waals surface area contributed by atoms with E-state index in [9.17, 15) is 13.2 Å². The van der Waals surface area contributed by atoms with Crippen LogP contribution in [0.15, 0.2) is 5.16 Å². The maximum Gasteiger partial charge on any atom is 0.236 e. The average Bonchev–Trinajstić information content (AvgIpc) is 3.20. The molecule has 1 aliphatic heterocycles. The molecule has 3 rings (SSSR count). The van der Waals surface area contributed by atoms with Gasteiger partial charge in [0.1, 0.15) is 5.82 Å². The molecule has 134 valence electrons. The maximum absolute atomic E-state index is 12.8. The minimum Gasteiger partial charge on any atom is -0.338 e. The van der Waals surface area contributed by atoms with Crippen LogP contribution in [-0.4, -0.2) is 63.3 Å². The molecule has 1 saturated heterocycles. The summed E-state index contributed by atoms with van der Waals surface area (Å²) in [6, 6.07) is 0.269. The maximum atomic E-state index is 12.8. The lowest BCUT2D eigenvalue weighted by Crippen LogP contribution is -2.44. The molecule has 2 aliphatic rings. The minimum absolute atomic E-state index is 0.0207. The fourth-order valence-electron chi connectivity index (χ4n) is 3.24. The van der Waals surface area contributed by atoms with Crippen LogP contribution in [0.1, 0.15) is 45.0 Å². The lowest BCUT2D eigenvalue weighted by molar-refractivity contribution is -0.131. The zero-order valence-corrected chi connectivity index (χ0v) is 15.9. The molecule has 1 amide bonds. The highest BCUT2D eigenvalue weighted by atomic mass is 32.2. The van der Waals surface area contributed by atoms with Crippen molar-refractivity contribution in [3.8, 4) is 0 Å². The van der Waals surface area contributed by atoms with Crippen molar-refractivity contribution < 1.29 is 13.2 Å². The van der Waals surface area contributed by atoms with Crippen molar-refractivity contribution in [3.05, 3.63) is 5.82 Å². The van der Waals surface area contributed by atoms with Gasteiger partial charge in [0, 0.05) is 18.6 Å². The van der Waals surface area contributed by atoms with Crippen molar-refractivity contribution in [2.45, 2.75) is 62.5 Å². The first kappa shape index (κ1) is 17.7. The van der Waals surface area contributed by atoms with Gasteiger partial charge in [-0.3, -0.25) is 4.79 Å². The Labute approximate surface area is 147 Å². The molecule has 24 heavy (non-hydrogen) atoms. The van der Waals surface area contributed by atoms with E-state index in [4.69, 9.17) is 0 Å². The van der Waals surface area contributed by atoms with Gasteiger partial charge in [0.15, 0.2) is 15.0 Å². The topological polar surface area (TPSA) is 85.2 Å². The van der Waals surface area contributed by atoms with Gasteiger partial charge in [0.25, 0.3) is 0 Å². The molecular weight excluding hydrogens is 348 g/mol. The second kappa shape index (κ2) is 6.67. The van der Waals surface area contributed by atoms with E-state index >= 15 is 0 Å². The van der Waals surface area contributed by atoms with Crippen LogP contribution in [-0.2, 0) is 14.6 Å². The first-order valence-electron chi connectivity index (χ1n) is 8.41. The van der Waals surface area contributed by atoms with Crippen LogP contribution < -0.4 is 0 Å². The van der Waals surface area contributed by atoms with Crippen LogP contribution in [0.2, 0.25) is 0 Å². The lowest BCUT2D eigenvalue weighted by Gasteiger charge is -2.29. The van der Waals surface area contributed by atoms with Crippen molar-refractivity contribution in [1.29, 1.82) is 0 Å². The Morgan fingerprint density at radius 3 is 2.62 bits per heavy atom. The third-order valence-corrected chi connectivity index (χ3v) is 7.44. The van der Waals surface area contributed by atoms with Gasteiger partial charge in [-0.25, -0.2) is 8.42 Å². The number of aryl methyl sites for hydroxylation is 1. The summed E-state index contributed by atoms with van der Waals surface area (Å²) in [5.74, 6) is 1.13. The van der Waals surface area contributed by atoms with Crippen LogP contribution in [0.25, 0.3) is 0 Å². The zero-order valence-electron chi connectivity index (χ0n) is 14.3. The summed E-state index contributed by atoms with van der Waals surface area (Å²) in [7, 11) is -3.00. The number of carbonyl (C=O) groups is 1. The van der Waals surface area contributed by atoms with E-state index in [1.165, 1.54) is 11.8 Å². The summed E-state index contributed by atoms with van der Waals surface area (Å²) in [4.78, 5) is 14.5. The number of hydrogen-bond acceptors (Lipinski definition) is 6. The molecule has 2 atom stereocenters. The molecular formula is C15H24N4O3S2. The molecule has 2 fully saturated rings. The van der Waals surface area contributed by atoms with Crippen molar-refractivity contribution in [2.75, 3.05) is 18.1 Å². The van der Waals surface area contributed by atoms with E-state index in [-0.39, 0.29) is 28.7 Å². The molecule has 0 spiro atoms. The van der Waals surface area contributed by atoms with Crippen molar-refractivity contribution in [3.63, 3.8) is 0 Å². The van der Waals surface area contributed by atoms with Gasteiger partial charge in [-0.1, -0.05) is 11.8 Å². The molecule has 0 N–H and O–H groups in total. The summed E-state index contributed by atoms with van der Waals surface area (Å²) in [5.41, 5.74) is 0. The van der Waals surface area contributed by atoms with Crippen molar-refractivity contribution in [2.24, 2.45) is 0 Å². The quantitative estimate of drug-likeness (QED) is 0.703. The van der Waals surface area contributed by atoms with Gasteiger partial charge in [-0.05, 0) is 40.0 Å². The summed E-state index contributed by atoms with van der Waals surface area (Å²) < 4.78 is 25.5. The summed E-state index contributed by atoms with van der Waals surface area (Å²) in [5, 5.41) is 8.83. The Kier molecular flexibility index (Phi) is 4.92. The van der Waals surface area contributed by atoms with Gasteiger partial charge in [-0.15, -0.1) is 10.2 Å². The van der Waals surface area contributed by atoms with E-state index in [1.807, 2.05) is 20.8 Å². The SMILES string of the molecule is CCN(C(=O)[C@@H](C)Sc1nnc(C)n1C1CC1)[C@H]1CCS(=O)(=O)C1. The number of amides is 1. The first-order valence-corrected chi connectivity index (χ1v) is 11.1. The highest BCUT2D eigenvalue weighted by molar-refractivity contribution is 8.00. The molecule has 0 aromatic carbocycles. The molecule has 2 heterocycles. The minimum atomic E-state index is -3.00. The van der Waals surface area contributed by atoms with Gasteiger partial charge in [-0.2, -0.15) is 0 Å². The Bertz CT molecular complexity index is 727. The summed E-state index contributed by atoms with van der Waals surface area (Å²) in [6.45, 7) is 6.22. The average molecular weight is 373 g/mol. The predicted molar refractivity (Wildman–Crippen MR) is 92.8 cm³/mol. The van der Waals surface area contributed by atoms with Crippen LogP contribution in [0.5, 0.6) is 0 Å². The highest BCUT2D eigenvalue weighted by Crippen LogP contribution is 2.39. The molecule has 1 saturated carbocycles. The Hall–Kier alpha value is -1.09. The molecule has 0 radical (unpaired) electrons. The van der Waals surface area contributed by atoms with E-state index in [0.29, 0.717) is 19.0 Å². The molecule has 1 aliphatic carbocycles. The number of sulfone groups is 1. The number of thioether (sulfide) groups is 1. The second-order valence-electron chi connectivity index (χ2n) is 6.57. The number of rotatable bonds is 6. The van der Waals surface area contributed by atoms with Crippen molar-refractivity contribution >= 4 is 27.5 Å². The monoisotopic (exact) mass is 372 g/mol. The predicted octanol–water partition coefficient (Wildman–Crippen LogP) is 1.44. The molecule has 1 aromatic rings. The van der Waals surface area contributed by atoms with Crippen LogP contribution in [0.3, 0.4) is 0 Å². The van der Waals surface area contributed by atoms with E-state index in [2.05, 4.69) is 14.8 Å². The van der Waals surface area contributed by atoms with Gasteiger partial charge in [0.05, 0.1) is 16.8 Å². The number of aromatic nitrogens is 3. The Morgan fingerprint density at radius 2 is 2.08 bits per heavy atom. The summed E-state index contributed by atoms with van der Waals surface area (Å²) in [6.07, 6.45) is 2.81. The molecule has 9 heteroatoms. The fourth-order valence-corrected chi connectivity index (χ4v) is 6.01. The molecule has 0 bridgehead atoms. The Balaban J connectivity index is 1.69. The zero-order chi connectivity index (χ0) is 17.5. The van der Waals surface area contributed by atoms with Gasteiger partial charge >= 0.3 is 0 Å². The third-order valence-electron chi connectivity index (χ3n) is 4.65. The van der Waals surface area contributed by atoms with Crippen molar-refractivity contribution in [1.82, 2.24) is 19.7 Å². The summed E-state index contributed by atoms with van der Waals surface area (Å²) >= 11 is 1.42. The highest BCUT2D eigenvalue weighted by Gasteiger charge is 2.36. The van der Waals surface area contributed by atoms with Gasteiger partial charge < -0.3 is 9.47 Å². The van der Waals surface area contributed by atoms with Crippen LogP contribution in [0.4, 0.5) is 0 Å². The van der Waals surface area contributed by atoms with Crippen LogP contribution in [0, 0.1) is 6.92 Å². The smallest absolute Gasteiger partial charge is 0.236 e. The molecule has 0 unspecified atom stereocenters. The Morgan fingerprint density at radius 1 is 1.38 bits per heavy atom. The molecule has 7 nitrogen and oxygen atoms in total.